The molecule has 40 heavy (non-hydrogen) atoms. The van der Waals surface area contributed by atoms with Crippen molar-refractivity contribution in [3.05, 3.63) is 65.2 Å². The van der Waals surface area contributed by atoms with Gasteiger partial charge in [0, 0.05) is 30.4 Å². The number of fused-ring (bicyclic) bond motifs is 1. The molecule has 3 heterocycles. The van der Waals surface area contributed by atoms with Crippen LogP contribution in [0.3, 0.4) is 0 Å². The number of unbranched alkanes of at least 4 members (excludes halogenated alkanes) is 3. The minimum atomic E-state index is -1.10. The van der Waals surface area contributed by atoms with Gasteiger partial charge in [0.05, 0.1) is 17.4 Å². The number of hydrogen-bond acceptors (Lipinski definition) is 5. The summed E-state index contributed by atoms with van der Waals surface area (Å²) in [6.07, 6.45) is 3.57. The maximum Gasteiger partial charge on any atom is 0.250 e. The molecule has 3 saturated heterocycles. The Balaban J connectivity index is 1.44. The number of hydrogen-bond donors (Lipinski definition) is 3. The fourth-order valence-electron chi connectivity index (χ4n) is 7.07. The Morgan fingerprint density at radius 3 is 2.45 bits per heavy atom. The number of aliphatic hydroxyl groups is 1. The van der Waals surface area contributed by atoms with Crippen LogP contribution in [0.2, 0.25) is 5.02 Å². The van der Waals surface area contributed by atoms with Gasteiger partial charge in [-0.25, -0.2) is 0 Å². The Morgan fingerprint density at radius 1 is 1.05 bits per heavy atom. The van der Waals surface area contributed by atoms with Crippen molar-refractivity contribution >= 4 is 35.0 Å². The molecule has 8 nitrogen and oxygen atoms in total. The predicted molar refractivity (Wildman–Crippen MR) is 152 cm³/mol. The van der Waals surface area contributed by atoms with E-state index in [0.29, 0.717) is 43.1 Å². The number of nitrogens with zero attached hydrogens (tertiary/aromatic N) is 1. The van der Waals surface area contributed by atoms with E-state index in [2.05, 4.69) is 10.6 Å². The van der Waals surface area contributed by atoms with E-state index in [4.69, 9.17) is 21.4 Å². The number of carbonyl (C=O) groups excluding carboxylic acids is 3. The van der Waals surface area contributed by atoms with Gasteiger partial charge in [-0.1, -0.05) is 61.7 Å². The normalized spacial score (nSPS) is 30.4. The Morgan fingerprint density at radius 2 is 1.75 bits per heavy atom. The van der Waals surface area contributed by atoms with Crippen LogP contribution in [0.1, 0.15) is 51.5 Å². The predicted octanol–water partition coefficient (Wildman–Crippen LogP) is 4.16. The van der Waals surface area contributed by atoms with Crippen LogP contribution in [0.25, 0.3) is 0 Å². The van der Waals surface area contributed by atoms with Crippen LogP contribution in [-0.4, -0.2) is 58.1 Å². The average molecular weight is 568 g/mol. The maximum absolute atomic E-state index is 14.2. The number of benzene rings is 2. The smallest absolute Gasteiger partial charge is 0.250 e. The molecule has 0 saturated carbocycles. The van der Waals surface area contributed by atoms with Crippen LogP contribution in [0.15, 0.2) is 54.6 Å². The van der Waals surface area contributed by atoms with Gasteiger partial charge in [-0.15, -0.1) is 0 Å². The molecule has 0 radical (unpaired) electrons. The van der Waals surface area contributed by atoms with E-state index in [0.717, 1.165) is 18.4 Å². The van der Waals surface area contributed by atoms with Crippen molar-refractivity contribution in [1.82, 2.24) is 10.2 Å². The van der Waals surface area contributed by atoms with Crippen molar-refractivity contribution in [2.24, 2.45) is 17.8 Å². The minimum absolute atomic E-state index is 0.0284. The van der Waals surface area contributed by atoms with Crippen LogP contribution < -0.4 is 10.6 Å². The molecule has 3 fully saturated rings. The number of ether oxygens (including phenoxy) is 1. The number of aliphatic hydroxyl groups excluding tert-OH is 1. The molecule has 1 spiro atoms. The van der Waals surface area contributed by atoms with Gasteiger partial charge < -0.3 is 25.4 Å². The highest BCUT2D eigenvalue weighted by atomic mass is 35.5. The van der Waals surface area contributed by atoms with Gasteiger partial charge in [0.15, 0.2) is 0 Å². The summed E-state index contributed by atoms with van der Waals surface area (Å²) < 4.78 is 6.77. The maximum atomic E-state index is 14.2. The first kappa shape index (κ1) is 28.6. The number of nitrogens with one attached hydrogen (secondary N) is 2. The van der Waals surface area contributed by atoms with Crippen molar-refractivity contribution in [3.63, 3.8) is 0 Å². The summed E-state index contributed by atoms with van der Waals surface area (Å²) in [6.45, 7) is 4.82. The van der Waals surface area contributed by atoms with Gasteiger partial charge in [0.1, 0.15) is 11.6 Å². The second kappa shape index (κ2) is 11.5. The van der Waals surface area contributed by atoms with Crippen molar-refractivity contribution < 1.29 is 24.2 Å². The van der Waals surface area contributed by atoms with Crippen molar-refractivity contribution in [1.29, 1.82) is 0 Å². The quantitative estimate of drug-likeness (QED) is 0.353. The van der Waals surface area contributed by atoms with E-state index in [1.807, 2.05) is 44.2 Å². The highest BCUT2D eigenvalue weighted by Crippen LogP contribution is 2.65. The van der Waals surface area contributed by atoms with Gasteiger partial charge in [-0.3, -0.25) is 14.4 Å². The third kappa shape index (κ3) is 5.01. The molecule has 2 aromatic rings. The number of halogens is 1. The fourth-order valence-corrected chi connectivity index (χ4v) is 7.19. The molecule has 6 atom stereocenters. The van der Waals surface area contributed by atoms with Gasteiger partial charge in [0.25, 0.3) is 0 Å². The van der Waals surface area contributed by atoms with Crippen LogP contribution in [-0.2, 0) is 25.7 Å². The van der Waals surface area contributed by atoms with E-state index in [1.54, 1.807) is 29.2 Å². The first-order valence-corrected chi connectivity index (χ1v) is 14.6. The van der Waals surface area contributed by atoms with Crippen molar-refractivity contribution in [3.8, 4) is 0 Å². The Bertz CT molecular complexity index is 1240. The summed E-state index contributed by atoms with van der Waals surface area (Å²) in [4.78, 5) is 43.6. The monoisotopic (exact) mass is 567 g/mol. The third-order valence-electron chi connectivity index (χ3n) is 9.07. The zero-order valence-electron chi connectivity index (χ0n) is 23.1. The lowest BCUT2D eigenvalue weighted by molar-refractivity contribution is -0.146. The summed E-state index contributed by atoms with van der Waals surface area (Å²) >= 11 is 6.04. The fraction of sp³-hybridized carbons (Fsp3) is 0.516. The van der Waals surface area contributed by atoms with E-state index in [-0.39, 0.29) is 30.2 Å². The molecule has 2 aromatic carbocycles. The SMILES string of the molecule is CC1CC23O[C@]1(C)[C@@H](C(=O)NCc1ccccc1)[C@H]2C(=O)N(CCCCCCO)C3C(=O)Nc1ccc(Cl)cc1. The Hall–Kier alpha value is -2.94. The van der Waals surface area contributed by atoms with E-state index in [9.17, 15) is 14.4 Å². The van der Waals surface area contributed by atoms with Gasteiger partial charge in [-0.05, 0) is 61.9 Å². The van der Waals surface area contributed by atoms with Crippen molar-refractivity contribution in [2.75, 3.05) is 18.5 Å². The molecular formula is C31H38ClN3O5. The zero-order chi connectivity index (χ0) is 28.5. The highest BCUT2D eigenvalue weighted by molar-refractivity contribution is 6.30. The lowest BCUT2D eigenvalue weighted by Gasteiger charge is -2.36. The van der Waals surface area contributed by atoms with Gasteiger partial charge >= 0.3 is 0 Å². The molecule has 3 aliphatic rings. The first-order valence-electron chi connectivity index (χ1n) is 14.2. The summed E-state index contributed by atoms with van der Waals surface area (Å²) in [5, 5.41) is 15.7. The second-order valence-electron chi connectivity index (χ2n) is 11.6. The summed E-state index contributed by atoms with van der Waals surface area (Å²) in [6, 6.07) is 15.6. The molecule has 0 aromatic heterocycles. The summed E-state index contributed by atoms with van der Waals surface area (Å²) in [5.41, 5.74) is -0.418. The molecule has 0 aliphatic carbocycles. The summed E-state index contributed by atoms with van der Waals surface area (Å²) in [7, 11) is 0. The minimum Gasteiger partial charge on any atom is -0.396 e. The highest BCUT2D eigenvalue weighted by Gasteiger charge is 2.79. The Labute approximate surface area is 240 Å². The second-order valence-corrected chi connectivity index (χ2v) is 12.0. The molecule has 5 rings (SSSR count). The number of carbonyl (C=O) groups is 3. The van der Waals surface area contributed by atoms with Crippen molar-refractivity contribution in [2.45, 2.75) is 69.7 Å². The third-order valence-corrected chi connectivity index (χ3v) is 9.33. The first-order chi connectivity index (χ1) is 19.2. The molecule has 2 bridgehead atoms. The number of amides is 3. The molecule has 3 aliphatic heterocycles. The van der Waals surface area contributed by atoms with Gasteiger partial charge in [-0.2, -0.15) is 0 Å². The number of likely N-dealkylation sites (tertiary alicyclic amines) is 1. The topological polar surface area (TPSA) is 108 Å². The zero-order valence-corrected chi connectivity index (χ0v) is 23.8. The Kier molecular flexibility index (Phi) is 8.22. The number of rotatable bonds is 11. The molecule has 3 amide bonds. The lowest BCUT2D eigenvalue weighted by atomic mass is 9.62. The average Bonchev–Trinajstić information content (AvgIpc) is 3.45. The van der Waals surface area contributed by atoms with E-state index in [1.165, 1.54) is 0 Å². The molecule has 3 unspecified atom stereocenters. The molecule has 3 N–H and O–H groups in total. The lowest BCUT2D eigenvalue weighted by Crippen LogP contribution is -2.54. The van der Waals surface area contributed by atoms with Crippen LogP contribution in [0.4, 0.5) is 5.69 Å². The molecule has 214 valence electrons. The number of anilines is 1. The van der Waals surface area contributed by atoms with Crippen LogP contribution in [0, 0.1) is 17.8 Å². The summed E-state index contributed by atoms with van der Waals surface area (Å²) in [5.74, 6) is -2.23. The van der Waals surface area contributed by atoms with Gasteiger partial charge in [0.2, 0.25) is 17.7 Å². The standard InChI is InChI=1S/C31H38ClN3O5/c1-20-18-31-25(24(30(20,2)40-31)27(37)33-19-21-10-6-5-7-11-21)29(39)35(16-8-3-4-9-17-36)26(31)28(38)34-23-14-12-22(32)13-15-23/h5-7,10-15,20,24-26,36H,3-4,8-9,16-19H2,1-2H3,(H,33,37)(H,34,38)/t20?,24-,25+,26?,30+,31?/m1/s1. The van der Waals surface area contributed by atoms with E-state index >= 15 is 0 Å². The molecule has 9 heteroatoms. The van der Waals surface area contributed by atoms with E-state index < -0.39 is 29.1 Å². The van der Waals surface area contributed by atoms with Crippen LogP contribution >= 0.6 is 11.6 Å². The van der Waals surface area contributed by atoms with Crippen LogP contribution in [0.5, 0.6) is 0 Å². The molecular weight excluding hydrogens is 530 g/mol. The largest absolute Gasteiger partial charge is 0.396 e.